The van der Waals surface area contributed by atoms with Crippen LogP contribution in [-0.2, 0) is 13.1 Å². The molecular weight excluding hydrogens is 474 g/mol. The monoisotopic (exact) mass is 497 g/mol. The van der Waals surface area contributed by atoms with Crippen LogP contribution in [0.15, 0.2) is 51.9 Å². The second-order valence-electron chi connectivity index (χ2n) is 8.35. The third-order valence-corrected chi connectivity index (χ3v) is 6.70. The van der Waals surface area contributed by atoms with Gasteiger partial charge in [0, 0.05) is 27.2 Å². The molecule has 5 rings (SSSR count). The summed E-state index contributed by atoms with van der Waals surface area (Å²) in [5, 5.41) is 9.83. The van der Waals surface area contributed by atoms with Gasteiger partial charge in [-0.2, -0.15) is 0 Å². The van der Waals surface area contributed by atoms with Crippen LogP contribution in [0.4, 0.5) is 0 Å². The first-order valence-corrected chi connectivity index (χ1v) is 12.1. The summed E-state index contributed by atoms with van der Waals surface area (Å²) in [5.74, 6) is 2.67. The second-order valence-corrected chi connectivity index (χ2v) is 9.68. The molecule has 1 aliphatic heterocycles. The summed E-state index contributed by atoms with van der Waals surface area (Å²) >= 11 is 10.2. The van der Waals surface area contributed by atoms with Crippen LogP contribution in [0.3, 0.4) is 0 Å². The van der Waals surface area contributed by atoms with E-state index in [0.717, 1.165) is 70.6 Å². The first-order valence-electron chi connectivity index (χ1n) is 10.9. The molecule has 0 amide bonds. The molecule has 2 aliphatic rings. The van der Waals surface area contributed by atoms with Gasteiger partial charge in [-0.3, -0.25) is 14.5 Å². The van der Waals surface area contributed by atoms with E-state index < -0.39 is 0 Å². The topological polar surface area (TPSA) is 46.3 Å². The SMILES string of the molecule is CCCN(Cc1nnc2n1-c1cc(Br)ccc1C(c1ccccc1Cl)=NC2)CC1CC1. The van der Waals surface area contributed by atoms with Gasteiger partial charge < -0.3 is 0 Å². The van der Waals surface area contributed by atoms with Crippen molar-refractivity contribution in [1.82, 2.24) is 19.7 Å². The molecule has 2 aromatic carbocycles. The molecule has 0 atom stereocenters. The number of halogens is 2. The van der Waals surface area contributed by atoms with Crippen molar-refractivity contribution in [2.24, 2.45) is 10.9 Å². The molecule has 7 heteroatoms. The molecule has 0 radical (unpaired) electrons. The average Bonchev–Trinajstić information content (AvgIpc) is 3.51. The van der Waals surface area contributed by atoms with Crippen molar-refractivity contribution in [1.29, 1.82) is 0 Å². The van der Waals surface area contributed by atoms with Crippen LogP contribution in [0.25, 0.3) is 5.69 Å². The van der Waals surface area contributed by atoms with Gasteiger partial charge in [0.1, 0.15) is 6.54 Å². The van der Waals surface area contributed by atoms with E-state index in [1.165, 1.54) is 12.8 Å². The summed E-state index contributed by atoms with van der Waals surface area (Å²) in [5.41, 5.74) is 3.92. The molecule has 0 saturated heterocycles. The maximum Gasteiger partial charge on any atom is 0.159 e. The molecule has 0 bridgehead atoms. The Morgan fingerprint density at radius 1 is 1.13 bits per heavy atom. The molecule has 5 nitrogen and oxygen atoms in total. The van der Waals surface area contributed by atoms with Gasteiger partial charge in [0.25, 0.3) is 0 Å². The van der Waals surface area contributed by atoms with Crippen molar-refractivity contribution < 1.29 is 0 Å². The van der Waals surface area contributed by atoms with Crippen LogP contribution >= 0.6 is 27.5 Å². The molecule has 0 N–H and O–H groups in total. The molecule has 1 aromatic heterocycles. The standard InChI is InChI=1S/C24H25BrClN5/c1-2-11-30(14-16-7-8-16)15-23-29-28-22-13-27-24(18-5-3-4-6-20(18)26)19-10-9-17(25)12-21(19)31(22)23/h3-6,9-10,12,16H,2,7-8,11,13-15H2,1H3. The fraction of sp³-hybridized carbons (Fsp3) is 0.375. The van der Waals surface area contributed by atoms with Crippen molar-refractivity contribution >= 4 is 33.2 Å². The van der Waals surface area contributed by atoms with Gasteiger partial charge in [-0.05, 0) is 56.0 Å². The smallest absolute Gasteiger partial charge is 0.159 e. The van der Waals surface area contributed by atoms with Crippen LogP contribution in [0.2, 0.25) is 5.02 Å². The Labute approximate surface area is 196 Å². The Morgan fingerprint density at radius 2 is 1.97 bits per heavy atom. The summed E-state index contributed by atoms with van der Waals surface area (Å²) in [4.78, 5) is 7.45. The first kappa shape index (κ1) is 20.9. The predicted octanol–water partition coefficient (Wildman–Crippen LogP) is 5.66. The van der Waals surface area contributed by atoms with Crippen molar-refractivity contribution in [3.63, 3.8) is 0 Å². The number of aromatic nitrogens is 3. The molecule has 1 saturated carbocycles. The van der Waals surface area contributed by atoms with E-state index in [1.807, 2.05) is 24.3 Å². The largest absolute Gasteiger partial charge is 0.296 e. The first-order chi connectivity index (χ1) is 15.1. The van der Waals surface area contributed by atoms with Crippen molar-refractivity contribution in [2.75, 3.05) is 13.1 Å². The van der Waals surface area contributed by atoms with Gasteiger partial charge in [-0.1, -0.05) is 52.7 Å². The molecule has 0 spiro atoms. The lowest BCUT2D eigenvalue weighted by Gasteiger charge is -2.22. The minimum absolute atomic E-state index is 0.469. The van der Waals surface area contributed by atoms with Gasteiger partial charge >= 0.3 is 0 Å². The number of hydrogen-bond acceptors (Lipinski definition) is 4. The molecule has 160 valence electrons. The molecule has 1 aliphatic carbocycles. The van der Waals surface area contributed by atoms with Gasteiger partial charge in [-0.25, -0.2) is 0 Å². The highest BCUT2D eigenvalue weighted by molar-refractivity contribution is 9.10. The van der Waals surface area contributed by atoms with E-state index in [0.29, 0.717) is 11.6 Å². The van der Waals surface area contributed by atoms with E-state index in [1.54, 1.807) is 0 Å². The van der Waals surface area contributed by atoms with Crippen LogP contribution in [0.5, 0.6) is 0 Å². The minimum Gasteiger partial charge on any atom is -0.296 e. The molecule has 1 fully saturated rings. The highest BCUT2D eigenvalue weighted by Crippen LogP contribution is 2.32. The summed E-state index contributed by atoms with van der Waals surface area (Å²) < 4.78 is 3.21. The van der Waals surface area contributed by atoms with Gasteiger partial charge in [0.2, 0.25) is 0 Å². The van der Waals surface area contributed by atoms with Gasteiger partial charge in [0.05, 0.1) is 17.9 Å². The van der Waals surface area contributed by atoms with Crippen LogP contribution < -0.4 is 0 Å². The highest BCUT2D eigenvalue weighted by atomic mass is 79.9. The number of aliphatic imine (C=N–C) groups is 1. The van der Waals surface area contributed by atoms with E-state index in [9.17, 15) is 0 Å². The molecule has 2 heterocycles. The maximum atomic E-state index is 6.55. The lowest BCUT2D eigenvalue weighted by molar-refractivity contribution is 0.247. The summed E-state index contributed by atoms with van der Waals surface area (Å²) in [7, 11) is 0. The minimum atomic E-state index is 0.469. The maximum absolute atomic E-state index is 6.55. The van der Waals surface area contributed by atoms with Gasteiger partial charge in [0.15, 0.2) is 11.6 Å². The fourth-order valence-corrected chi connectivity index (χ4v) is 4.84. The zero-order valence-corrected chi connectivity index (χ0v) is 19.9. The lowest BCUT2D eigenvalue weighted by Crippen LogP contribution is -2.28. The molecule has 3 aromatic rings. The zero-order chi connectivity index (χ0) is 21.4. The Kier molecular flexibility index (Phi) is 5.95. The third kappa shape index (κ3) is 4.34. The average molecular weight is 499 g/mol. The van der Waals surface area contributed by atoms with Gasteiger partial charge in [-0.15, -0.1) is 10.2 Å². The number of fused-ring (bicyclic) bond motifs is 3. The number of hydrogen-bond donors (Lipinski definition) is 0. The lowest BCUT2D eigenvalue weighted by atomic mass is 10.0. The van der Waals surface area contributed by atoms with E-state index in [-0.39, 0.29) is 0 Å². The van der Waals surface area contributed by atoms with E-state index in [2.05, 4.69) is 60.7 Å². The fourth-order valence-electron chi connectivity index (χ4n) is 4.26. The number of benzene rings is 2. The molecular formula is C24H25BrClN5. The van der Waals surface area contributed by atoms with E-state index in [4.69, 9.17) is 16.6 Å². The molecule has 31 heavy (non-hydrogen) atoms. The Balaban J connectivity index is 1.58. The molecule has 0 unspecified atom stereocenters. The zero-order valence-electron chi connectivity index (χ0n) is 17.6. The Hall–Kier alpha value is -2.02. The summed E-state index contributed by atoms with van der Waals surface area (Å²) in [6.07, 6.45) is 3.83. The normalized spacial score (nSPS) is 15.4. The summed E-state index contributed by atoms with van der Waals surface area (Å²) in [6, 6.07) is 14.2. The summed E-state index contributed by atoms with van der Waals surface area (Å²) in [6.45, 7) is 5.72. The number of rotatable bonds is 7. The van der Waals surface area contributed by atoms with Crippen molar-refractivity contribution in [2.45, 2.75) is 39.3 Å². The Morgan fingerprint density at radius 3 is 2.74 bits per heavy atom. The second kappa shape index (κ2) is 8.85. The van der Waals surface area contributed by atoms with Crippen LogP contribution in [0.1, 0.15) is 49.0 Å². The van der Waals surface area contributed by atoms with Crippen LogP contribution in [0, 0.1) is 5.92 Å². The highest BCUT2D eigenvalue weighted by Gasteiger charge is 2.27. The van der Waals surface area contributed by atoms with E-state index >= 15 is 0 Å². The van der Waals surface area contributed by atoms with Crippen LogP contribution in [-0.4, -0.2) is 38.5 Å². The predicted molar refractivity (Wildman–Crippen MR) is 128 cm³/mol. The third-order valence-electron chi connectivity index (χ3n) is 5.88. The quantitative estimate of drug-likeness (QED) is 0.422. The Bertz CT molecular complexity index is 1130. The van der Waals surface area contributed by atoms with Crippen molar-refractivity contribution in [3.05, 3.63) is 74.7 Å². The van der Waals surface area contributed by atoms with Crippen molar-refractivity contribution in [3.8, 4) is 5.69 Å². The number of nitrogens with zero attached hydrogens (tertiary/aromatic N) is 5.